The molecule has 13 nitrogen and oxygen atoms in total. The van der Waals surface area contributed by atoms with Crippen LogP contribution in [0.4, 0.5) is 0 Å². The first kappa shape index (κ1) is 29.4. The molecule has 0 aliphatic carbocycles. The lowest BCUT2D eigenvalue weighted by Gasteiger charge is -2.39. The van der Waals surface area contributed by atoms with Gasteiger partial charge in [-0.3, -0.25) is 0 Å². The monoisotopic (exact) mass is 595 g/mol. The molecule has 0 radical (unpaired) electrons. The molecule has 0 unspecified atom stereocenters. The Morgan fingerprint density at radius 2 is 1.56 bits per heavy atom. The lowest BCUT2D eigenvalue weighted by Crippen LogP contribution is -2.60. The number of phenols is 5. The zero-order valence-corrected chi connectivity index (χ0v) is 22.1. The van der Waals surface area contributed by atoms with Crippen LogP contribution in [0.15, 0.2) is 71.2 Å². The number of aromatic hydroxyl groups is 5. The number of aliphatic hydroxyl groups is 3. The maximum atomic E-state index is 12.3. The molecule has 43 heavy (non-hydrogen) atoms. The number of aliphatic hydroxyl groups excluding tert-OH is 3. The molecule has 1 aliphatic heterocycles. The minimum absolute atomic E-state index is 0.0288. The molecular formula is C30H27O13+. The van der Waals surface area contributed by atoms with E-state index in [0.717, 1.165) is 12.1 Å². The number of hydrogen-bond donors (Lipinski definition) is 8. The maximum Gasteiger partial charge on any atom is 0.402 e. The molecule has 1 fully saturated rings. The third-order valence-electron chi connectivity index (χ3n) is 6.66. The van der Waals surface area contributed by atoms with Gasteiger partial charge >= 0.3 is 17.3 Å². The van der Waals surface area contributed by atoms with Crippen molar-refractivity contribution < 1.29 is 64.3 Å². The zero-order chi connectivity index (χ0) is 30.8. The van der Waals surface area contributed by atoms with Gasteiger partial charge in [-0.15, -0.1) is 0 Å². The van der Waals surface area contributed by atoms with Crippen LogP contribution in [0.3, 0.4) is 0 Å². The summed E-state index contributed by atoms with van der Waals surface area (Å²) in [5, 5.41) is 80.7. The summed E-state index contributed by atoms with van der Waals surface area (Å²) in [6.07, 6.45) is -5.86. The molecule has 1 saturated heterocycles. The van der Waals surface area contributed by atoms with Crippen LogP contribution in [0.5, 0.6) is 34.5 Å². The van der Waals surface area contributed by atoms with Gasteiger partial charge in [0.05, 0.1) is 11.6 Å². The van der Waals surface area contributed by atoms with Crippen molar-refractivity contribution in [2.45, 2.75) is 30.7 Å². The minimum Gasteiger partial charge on any atom is -0.508 e. The highest BCUT2D eigenvalue weighted by Crippen LogP contribution is 2.40. The van der Waals surface area contributed by atoms with Crippen LogP contribution < -0.4 is 4.74 Å². The first-order chi connectivity index (χ1) is 20.5. The van der Waals surface area contributed by atoms with Gasteiger partial charge in [0.1, 0.15) is 53.7 Å². The topological polar surface area (TPSA) is 218 Å². The molecule has 2 heterocycles. The number of carbonyl (C=O) groups excluding carboxylic acids is 1. The van der Waals surface area contributed by atoms with Crippen LogP contribution >= 0.6 is 0 Å². The van der Waals surface area contributed by atoms with Crippen LogP contribution in [0.25, 0.3) is 28.4 Å². The van der Waals surface area contributed by atoms with Crippen LogP contribution in [-0.4, -0.2) is 84.1 Å². The van der Waals surface area contributed by atoms with E-state index in [1.165, 1.54) is 60.7 Å². The summed E-state index contributed by atoms with van der Waals surface area (Å²) in [5.74, 6) is -2.25. The zero-order valence-electron chi connectivity index (χ0n) is 22.1. The van der Waals surface area contributed by atoms with Gasteiger partial charge in [-0.25, -0.2) is 9.21 Å². The van der Waals surface area contributed by atoms with Crippen molar-refractivity contribution >= 4 is 23.0 Å². The summed E-state index contributed by atoms with van der Waals surface area (Å²) in [7, 11) is 0. The summed E-state index contributed by atoms with van der Waals surface area (Å²) >= 11 is 0. The largest absolute Gasteiger partial charge is 0.508 e. The number of fused-ring (bicyclic) bond motifs is 1. The Hall–Kier alpha value is -5.08. The molecule has 0 spiro atoms. The Morgan fingerprint density at radius 1 is 0.814 bits per heavy atom. The molecule has 13 heteroatoms. The summed E-state index contributed by atoms with van der Waals surface area (Å²) < 4.78 is 22.6. The number of rotatable bonds is 7. The van der Waals surface area contributed by atoms with Crippen LogP contribution in [0, 0.1) is 0 Å². The normalized spacial score (nSPS) is 22.1. The van der Waals surface area contributed by atoms with Crippen LogP contribution in [-0.2, 0) is 14.3 Å². The lowest BCUT2D eigenvalue weighted by atomic mass is 9.99. The van der Waals surface area contributed by atoms with Gasteiger partial charge in [-0.2, -0.15) is 0 Å². The predicted molar refractivity (Wildman–Crippen MR) is 148 cm³/mol. The third-order valence-corrected chi connectivity index (χ3v) is 6.66. The predicted octanol–water partition coefficient (Wildman–Crippen LogP) is 2.35. The van der Waals surface area contributed by atoms with Crippen molar-refractivity contribution in [3.8, 4) is 45.8 Å². The third kappa shape index (κ3) is 6.39. The molecular weight excluding hydrogens is 568 g/mol. The van der Waals surface area contributed by atoms with Gasteiger partial charge in [0.15, 0.2) is 11.5 Å². The lowest BCUT2D eigenvalue weighted by molar-refractivity contribution is -0.278. The highest BCUT2D eigenvalue weighted by atomic mass is 16.7. The van der Waals surface area contributed by atoms with Gasteiger partial charge in [-0.05, 0) is 48.0 Å². The fourth-order valence-electron chi connectivity index (χ4n) is 4.38. The molecule has 5 atom stereocenters. The summed E-state index contributed by atoms with van der Waals surface area (Å²) in [5.41, 5.74) is 0.858. The molecule has 5 rings (SSSR count). The van der Waals surface area contributed by atoms with Gasteiger partial charge in [0, 0.05) is 18.2 Å². The Bertz CT molecular complexity index is 1670. The fraction of sp³-hybridized carbons (Fsp3) is 0.200. The van der Waals surface area contributed by atoms with E-state index in [-0.39, 0.29) is 51.2 Å². The Morgan fingerprint density at radius 3 is 2.28 bits per heavy atom. The minimum atomic E-state index is -1.78. The first-order valence-electron chi connectivity index (χ1n) is 12.9. The average molecular weight is 596 g/mol. The van der Waals surface area contributed by atoms with Crippen molar-refractivity contribution in [3.63, 3.8) is 0 Å². The van der Waals surface area contributed by atoms with Crippen molar-refractivity contribution in [1.82, 2.24) is 0 Å². The quantitative estimate of drug-likeness (QED) is 0.0667. The molecule has 1 aliphatic rings. The summed E-state index contributed by atoms with van der Waals surface area (Å²) in [6, 6.07) is 13.4. The van der Waals surface area contributed by atoms with Crippen molar-refractivity contribution in [2.24, 2.45) is 0 Å². The van der Waals surface area contributed by atoms with E-state index in [2.05, 4.69) is 0 Å². The Labute approximate surface area is 242 Å². The number of ether oxygens (including phenoxy) is 3. The van der Waals surface area contributed by atoms with Gasteiger partial charge in [0.2, 0.25) is 12.0 Å². The van der Waals surface area contributed by atoms with Crippen molar-refractivity contribution in [3.05, 3.63) is 72.3 Å². The molecule has 4 aromatic rings. The number of benzene rings is 3. The second-order valence-corrected chi connectivity index (χ2v) is 9.71. The smallest absolute Gasteiger partial charge is 0.402 e. The Balaban J connectivity index is 1.37. The molecule has 1 aromatic heterocycles. The molecule has 224 valence electrons. The number of esters is 1. The van der Waals surface area contributed by atoms with Gasteiger partial charge < -0.3 is 55.1 Å². The van der Waals surface area contributed by atoms with Gasteiger partial charge in [0.25, 0.3) is 0 Å². The van der Waals surface area contributed by atoms with E-state index in [9.17, 15) is 45.6 Å². The highest BCUT2D eigenvalue weighted by Gasteiger charge is 2.46. The maximum absolute atomic E-state index is 12.3. The van der Waals surface area contributed by atoms with Gasteiger partial charge in [-0.1, -0.05) is 6.07 Å². The number of carbonyl (C=O) groups is 1. The van der Waals surface area contributed by atoms with Crippen LogP contribution in [0.2, 0.25) is 0 Å². The molecule has 3 aromatic carbocycles. The second-order valence-electron chi connectivity index (χ2n) is 9.71. The van der Waals surface area contributed by atoms with E-state index in [1.54, 1.807) is 0 Å². The van der Waals surface area contributed by atoms with Crippen LogP contribution in [0.1, 0.15) is 5.56 Å². The summed E-state index contributed by atoms with van der Waals surface area (Å²) in [4.78, 5) is 12.3. The second kappa shape index (κ2) is 12.0. The van der Waals surface area contributed by atoms with E-state index in [4.69, 9.17) is 18.6 Å². The van der Waals surface area contributed by atoms with Crippen molar-refractivity contribution in [1.29, 1.82) is 0 Å². The Kier molecular flexibility index (Phi) is 8.23. The molecule has 8 N–H and O–H groups in total. The molecule has 0 amide bonds. The SMILES string of the molecule is O=C(/C=C/c1ccc(O)c(O)c1)OC[C@H]1O[C@@H](Oc2cc3c(O)cc(O)cc3[o+]c2-c2ccc(O)cc2)[C@H](O)[C@@H](O)[C@H]1O. The molecule has 0 saturated carbocycles. The number of phenolic OH excluding ortho intramolecular Hbond substituents is 5. The van der Waals surface area contributed by atoms with E-state index < -0.39 is 43.3 Å². The number of hydrogen-bond acceptors (Lipinski definition) is 12. The van der Waals surface area contributed by atoms with E-state index >= 15 is 0 Å². The van der Waals surface area contributed by atoms with Crippen molar-refractivity contribution in [2.75, 3.05) is 6.61 Å². The first-order valence-corrected chi connectivity index (χ1v) is 12.9. The highest BCUT2D eigenvalue weighted by molar-refractivity contribution is 5.88. The standard InChI is InChI=1S/C30H26O13/c31-16-5-3-15(4-6-16)29-23(12-18-20(34)10-17(32)11-22(18)41-29)42-30-28(39)27(38)26(37)24(43-30)13-40-25(36)8-2-14-1-7-19(33)21(35)9-14/h1-12,24,26-28,30,37-39H,13H2,(H4-,31,32,33,34,35,36)/p+1/t24-,26+,27+,28-,30-/m1/s1. The summed E-state index contributed by atoms with van der Waals surface area (Å²) in [6.45, 7) is -0.554. The average Bonchev–Trinajstić information content (AvgIpc) is 2.97. The fourth-order valence-corrected chi connectivity index (χ4v) is 4.38. The molecule has 0 bridgehead atoms. The van der Waals surface area contributed by atoms with E-state index in [0.29, 0.717) is 11.1 Å². The van der Waals surface area contributed by atoms with E-state index in [1.807, 2.05) is 0 Å².